The van der Waals surface area contributed by atoms with E-state index in [9.17, 15) is 8.78 Å². The van der Waals surface area contributed by atoms with Crippen LogP contribution in [0, 0.1) is 23.0 Å². The number of aromatic nitrogens is 1. The van der Waals surface area contributed by atoms with Gasteiger partial charge in [0.2, 0.25) is 0 Å². The second kappa shape index (κ2) is 5.02. The van der Waals surface area contributed by atoms with Gasteiger partial charge in [-0.15, -0.1) is 0 Å². The zero-order chi connectivity index (χ0) is 13.1. The lowest BCUT2D eigenvalue weighted by atomic mass is 10.3. The monoisotopic (exact) mass is 263 g/mol. The normalized spacial score (nSPS) is 10.1. The fourth-order valence-electron chi connectivity index (χ4n) is 1.34. The third-order valence-corrected chi connectivity index (χ3v) is 3.28. The van der Waals surface area contributed by atoms with Crippen LogP contribution in [0.4, 0.5) is 14.5 Å². The minimum atomic E-state index is -0.759. The van der Waals surface area contributed by atoms with Gasteiger partial charge in [-0.3, -0.25) is 4.98 Å². The minimum absolute atomic E-state index is 0.0149. The molecule has 0 aliphatic carbocycles. The van der Waals surface area contributed by atoms with Crippen molar-refractivity contribution in [2.24, 2.45) is 0 Å². The predicted octanol–water partition coefficient (Wildman–Crippen LogP) is 2.96. The fourth-order valence-corrected chi connectivity index (χ4v) is 2.21. The second-order valence-corrected chi connectivity index (χ2v) is 4.45. The predicted molar refractivity (Wildman–Crippen MR) is 63.8 cm³/mol. The van der Waals surface area contributed by atoms with E-state index >= 15 is 0 Å². The molecule has 0 fully saturated rings. The Hall–Kier alpha value is -2.13. The highest BCUT2D eigenvalue weighted by molar-refractivity contribution is 7.99. The van der Waals surface area contributed by atoms with Gasteiger partial charge in [0.25, 0.3) is 0 Å². The van der Waals surface area contributed by atoms with Gasteiger partial charge in [0.05, 0.1) is 10.5 Å². The molecule has 0 atom stereocenters. The summed E-state index contributed by atoms with van der Waals surface area (Å²) >= 11 is 0.810. The summed E-state index contributed by atoms with van der Waals surface area (Å²) in [6.07, 6.45) is 2.83. The van der Waals surface area contributed by atoms with Crippen LogP contribution in [0.2, 0.25) is 0 Å². The summed E-state index contributed by atoms with van der Waals surface area (Å²) in [6, 6.07) is 5.49. The van der Waals surface area contributed by atoms with Crippen LogP contribution in [-0.2, 0) is 0 Å². The Balaban J connectivity index is 2.44. The third-order valence-electron chi connectivity index (χ3n) is 2.14. The molecule has 2 aromatic rings. The smallest absolute Gasteiger partial charge is 0.142 e. The Bertz CT molecular complexity index is 614. The molecule has 1 aromatic heterocycles. The van der Waals surface area contributed by atoms with Crippen LogP contribution in [0.15, 0.2) is 40.4 Å². The summed E-state index contributed by atoms with van der Waals surface area (Å²) in [5.41, 5.74) is 5.65. The Labute approximate surface area is 106 Å². The fraction of sp³-hybridized carbons (Fsp3) is 0. The zero-order valence-electron chi connectivity index (χ0n) is 9.02. The van der Waals surface area contributed by atoms with Gasteiger partial charge in [0, 0.05) is 23.0 Å². The van der Waals surface area contributed by atoms with Gasteiger partial charge in [0.1, 0.15) is 17.7 Å². The molecule has 0 unspecified atom stereocenters. The van der Waals surface area contributed by atoms with E-state index in [4.69, 9.17) is 11.0 Å². The van der Waals surface area contributed by atoms with E-state index in [0.29, 0.717) is 10.5 Å². The highest BCUT2D eigenvalue weighted by Gasteiger charge is 2.14. The summed E-state index contributed by atoms with van der Waals surface area (Å²) in [5, 5.41) is 8.88. The first-order chi connectivity index (χ1) is 8.61. The minimum Gasteiger partial charge on any atom is -0.399 e. The lowest BCUT2D eigenvalue weighted by molar-refractivity contribution is 0.542. The topological polar surface area (TPSA) is 62.7 Å². The maximum absolute atomic E-state index is 13.6. The van der Waals surface area contributed by atoms with Crippen LogP contribution >= 0.6 is 11.8 Å². The van der Waals surface area contributed by atoms with Crippen molar-refractivity contribution >= 4 is 17.4 Å². The number of hydrogen-bond donors (Lipinski definition) is 1. The van der Waals surface area contributed by atoms with Crippen molar-refractivity contribution in [2.75, 3.05) is 5.73 Å². The Morgan fingerprint density at radius 2 is 1.94 bits per heavy atom. The molecule has 0 spiro atoms. The lowest BCUT2D eigenvalue weighted by Gasteiger charge is -2.06. The number of nitrogens with zero attached hydrogens (tertiary/aromatic N) is 2. The zero-order valence-corrected chi connectivity index (χ0v) is 9.84. The Kier molecular flexibility index (Phi) is 3.44. The van der Waals surface area contributed by atoms with Gasteiger partial charge in [-0.05, 0) is 18.2 Å². The van der Waals surface area contributed by atoms with Crippen LogP contribution in [-0.4, -0.2) is 4.98 Å². The van der Waals surface area contributed by atoms with Gasteiger partial charge in [-0.1, -0.05) is 11.8 Å². The van der Waals surface area contributed by atoms with Crippen molar-refractivity contribution in [3.63, 3.8) is 0 Å². The quantitative estimate of drug-likeness (QED) is 0.846. The average molecular weight is 263 g/mol. The molecule has 0 radical (unpaired) electrons. The molecule has 1 aromatic carbocycles. The molecule has 0 amide bonds. The Morgan fingerprint density at radius 1 is 1.28 bits per heavy atom. The third kappa shape index (κ3) is 2.41. The SMILES string of the molecule is N#Cc1ccncc1Sc1c(F)cc(N)cc1F. The molecule has 6 heteroatoms. The molecule has 18 heavy (non-hydrogen) atoms. The van der Waals surface area contributed by atoms with E-state index in [1.54, 1.807) is 0 Å². The summed E-state index contributed by atoms with van der Waals surface area (Å²) < 4.78 is 27.2. The van der Waals surface area contributed by atoms with Crippen molar-refractivity contribution in [3.8, 4) is 6.07 Å². The van der Waals surface area contributed by atoms with E-state index in [2.05, 4.69) is 4.98 Å². The van der Waals surface area contributed by atoms with Gasteiger partial charge in [0.15, 0.2) is 0 Å². The Morgan fingerprint density at radius 3 is 2.56 bits per heavy atom. The highest BCUT2D eigenvalue weighted by atomic mass is 32.2. The maximum Gasteiger partial charge on any atom is 0.142 e. The van der Waals surface area contributed by atoms with E-state index in [1.807, 2.05) is 6.07 Å². The van der Waals surface area contributed by atoms with Gasteiger partial charge in [-0.25, -0.2) is 8.78 Å². The summed E-state index contributed by atoms with van der Waals surface area (Å²) in [6.45, 7) is 0. The molecule has 0 bridgehead atoms. The van der Waals surface area contributed by atoms with Crippen LogP contribution < -0.4 is 5.73 Å². The van der Waals surface area contributed by atoms with Crippen molar-refractivity contribution < 1.29 is 8.78 Å². The standard InChI is InChI=1S/C12H7F2N3S/c13-9-3-8(16)4-10(14)12(9)18-11-6-17-2-1-7(11)5-15/h1-4,6H,16H2. The first kappa shape index (κ1) is 12.3. The van der Waals surface area contributed by atoms with E-state index in [0.717, 1.165) is 23.9 Å². The molecular weight excluding hydrogens is 256 g/mol. The number of hydrogen-bond acceptors (Lipinski definition) is 4. The largest absolute Gasteiger partial charge is 0.399 e. The molecule has 0 aliphatic heterocycles. The summed E-state index contributed by atoms with van der Waals surface area (Å²) in [7, 11) is 0. The summed E-state index contributed by atoms with van der Waals surface area (Å²) in [5.74, 6) is -1.52. The van der Waals surface area contributed by atoms with Crippen molar-refractivity contribution in [1.29, 1.82) is 5.26 Å². The molecule has 3 nitrogen and oxygen atoms in total. The van der Waals surface area contributed by atoms with Crippen molar-refractivity contribution in [3.05, 3.63) is 47.8 Å². The molecule has 1 heterocycles. The van der Waals surface area contributed by atoms with Gasteiger partial charge >= 0.3 is 0 Å². The van der Waals surface area contributed by atoms with E-state index < -0.39 is 11.6 Å². The number of nitrogens with two attached hydrogens (primary N) is 1. The van der Waals surface area contributed by atoms with E-state index in [-0.39, 0.29) is 10.6 Å². The first-order valence-corrected chi connectivity index (χ1v) is 5.70. The molecule has 2 N–H and O–H groups in total. The molecule has 0 saturated carbocycles. The highest BCUT2D eigenvalue weighted by Crippen LogP contribution is 2.34. The number of nitriles is 1. The second-order valence-electron chi connectivity index (χ2n) is 3.40. The van der Waals surface area contributed by atoms with Crippen molar-refractivity contribution in [2.45, 2.75) is 9.79 Å². The maximum atomic E-state index is 13.6. The van der Waals surface area contributed by atoms with Crippen LogP contribution in [0.25, 0.3) is 0 Å². The molecular formula is C12H7F2N3S. The average Bonchev–Trinajstić information content (AvgIpc) is 2.34. The number of rotatable bonds is 2. The lowest BCUT2D eigenvalue weighted by Crippen LogP contribution is -1.94. The number of pyridine rings is 1. The number of nitrogen functional groups attached to an aromatic ring is 1. The number of benzene rings is 1. The van der Waals surface area contributed by atoms with Crippen LogP contribution in [0.5, 0.6) is 0 Å². The van der Waals surface area contributed by atoms with E-state index in [1.165, 1.54) is 18.5 Å². The van der Waals surface area contributed by atoms with Crippen LogP contribution in [0.1, 0.15) is 5.56 Å². The number of anilines is 1. The molecule has 0 aliphatic rings. The van der Waals surface area contributed by atoms with Gasteiger partial charge in [-0.2, -0.15) is 5.26 Å². The number of halogens is 2. The van der Waals surface area contributed by atoms with Gasteiger partial charge < -0.3 is 5.73 Å². The van der Waals surface area contributed by atoms with Crippen molar-refractivity contribution in [1.82, 2.24) is 4.98 Å². The summed E-state index contributed by atoms with van der Waals surface area (Å²) in [4.78, 5) is 4.02. The molecule has 90 valence electrons. The van der Waals surface area contributed by atoms with Crippen LogP contribution in [0.3, 0.4) is 0 Å². The molecule has 2 rings (SSSR count). The first-order valence-electron chi connectivity index (χ1n) is 4.88. The molecule has 0 saturated heterocycles.